The van der Waals surface area contributed by atoms with E-state index < -0.39 is 5.91 Å². The number of ether oxygens (including phenoxy) is 3. The zero-order valence-corrected chi connectivity index (χ0v) is 16.9. The summed E-state index contributed by atoms with van der Waals surface area (Å²) in [7, 11) is 4.61. The lowest BCUT2D eigenvalue weighted by Gasteiger charge is -2.09. The van der Waals surface area contributed by atoms with Gasteiger partial charge in [0.25, 0.3) is 5.91 Å². The number of nitrogens with one attached hydrogen (secondary N) is 2. The van der Waals surface area contributed by atoms with Crippen LogP contribution in [0.15, 0.2) is 47.6 Å². The molecule has 0 bridgehead atoms. The Labute approximate surface area is 169 Å². The molecule has 0 aromatic heterocycles. The van der Waals surface area contributed by atoms with Crippen LogP contribution in [0.5, 0.6) is 17.2 Å². The third-order valence-corrected chi connectivity index (χ3v) is 4.06. The van der Waals surface area contributed by atoms with Gasteiger partial charge in [0.1, 0.15) is 5.75 Å². The summed E-state index contributed by atoms with van der Waals surface area (Å²) < 4.78 is 15.4. The van der Waals surface area contributed by atoms with E-state index in [0.717, 1.165) is 11.3 Å². The van der Waals surface area contributed by atoms with Gasteiger partial charge < -0.3 is 19.5 Å². The van der Waals surface area contributed by atoms with E-state index in [2.05, 4.69) is 15.8 Å². The Bertz CT molecular complexity index is 878. The van der Waals surface area contributed by atoms with Crippen molar-refractivity contribution in [3.05, 3.63) is 53.6 Å². The van der Waals surface area contributed by atoms with Gasteiger partial charge in [-0.1, -0.05) is 12.1 Å². The molecule has 0 atom stereocenters. The fraction of sp³-hybridized carbons (Fsp3) is 0.286. The van der Waals surface area contributed by atoms with E-state index in [-0.39, 0.29) is 12.3 Å². The maximum Gasteiger partial charge on any atom is 0.271 e. The van der Waals surface area contributed by atoms with E-state index in [4.69, 9.17) is 14.2 Å². The number of hydrazone groups is 1. The Morgan fingerprint density at radius 3 is 2.24 bits per heavy atom. The summed E-state index contributed by atoms with van der Waals surface area (Å²) in [6, 6.07) is 12.2. The molecule has 0 saturated carbocycles. The number of hydrogen-bond donors (Lipinski definition) is 2. The molecule has 29 heavy (non-hydrogen) atoms. The Kier molecular flexibility index (Phi) is 8.02. The fourth-order valence-corrected chi connectivity index (χ4v) is 2.47. The van der Waals surface area contributed by atoms with Crippen LogP contribution < -0.4 is 25.0 Å². The van der Waals surface area contributed by atoms with Gasteiger partial charge in [-0.15, -0.1) is 0 Å². The number of carbonyl (C=O) groups excluding carboxylic acids is 2. The molecule has 0 fully saturated rings. The van der Waals surface area contributed by atoms with Crippen LogP contribution in [0.3, 0.4) is 0 Å². The van der Waals surface area contributed by atoms with E-state index in [0.29, 0.717) is 29.3 Å². The second-order valence-corrected chi connectivity index (χ2v) is 6.16. The van der Waals surface area contributed by atoms with Crippen molar-refractivity contribution in [3.63, 3.8) is 0 Å². The average Bonchev–Trinajstić information content (AvgIpc) is 2.75. The molecule has 8 heteroatoms. The number of rotatable bonds is 9. The fourth-order valence-electron chi connectivity index (χ4n) is 2.47. The maximum absolute atomic E-state index is 12.2. The van der Waals surface area contributed by atoms with Crippen LogP contribution in [0.2, 0.25) is 0 Å². The van der Waals surface area contributed by atoms with Gasteiger partial charge in [0, 0.05) is 17.8 Å². The number of hydrogen-bond acceptors (Lipinski definition) is 6. The molecule has 8 nitrogen and oxygen atoms in total. The minimum absolute atomic E-state index is 0.0718. The standard InChI is InChI=1S/C21H25N3O5/c1-14(11-20(25)22-13-15-5-8-17(27-2)9-6-15)23-24-21(26)16-7-10-18(28-3)19(12-16)29-4/h5-10,12H,11,13H2,1-4H3,(H,22,25)(H,24,26)/b23-14-. The molecule has 0 heterocycles. The maximum atomic E-state index is 12.2. The lowest BCUT2D eigenvalue weighted by molar-refractivity contribution is -0.120. The Balaban J connectivity index is 1.85. The average molecular weight is 399 g/mol. The van der Waals surface area contributed by atoms with Crippen LogP contribution in [0.1, 0.15) is 29.3 Å². The number of benzene rings is 2. The summed E-state index contributed by atoms with van der Waals surface area (Å²) in [5, 5.41) is 6.79. The van der Waals surface area contributed by atoms with Crippen LogP contribution in [0.4, 0.5) is 0 Å². The summed E-state index contributed by atoms with van der Waals surface area (Å²) in [6.45, 7) is 2.07. The van der Waals surface area contributed by atoms with Crippen molar-refractivity contribution in [2.75, 3.05) is 21.3 Å². The largest absolute Gasteiger partial charge is 0.497 e. The molecular formula is C21H25N3O5. The highest BCUT2D eigenvalue weighted by Crippen LogP contribution is 2.27. The van der Waals surface area contributed by atoms with Crippen LogP contribution in [0.25, 0.3) is 0 Å². The van der Waals surface area contributed by atoms with Gasteiger partial charge in [-0.25, -0.2) is 5.43 Å². The number of amides is 2. The van der Waals surface area contributed by atoms with Gasteiger partial charge in [0.05, 0.1) is 27.8 Å². The summed E-state index contributed by atoms with van der Waals surface area (Å²) in [5.74, 6) is 1.12. The van der Waals surface area contributed by atoms with Gasteiger partial charge in [-0.05, 0) is 42.8 Å². The third-order valence-electron chi connectivity index (χ3n) is 4.06. The molecule has 0 aliphatic heterocycles. The van der Waals surface area contributed by atoms with Crippen molar-refractivity contribution in [1.29, 1.82) is 0 Å². The van der Waals surface area contributed by atoms with Gasteiger partial charge >= 0.3 is 0 Å². The monoisotopic (exact) mass is 399 g/mol. The van der Waals surface area contributed by atoms with Gasteiger partial charge in [-0.2, -0.15) is 5.10 Å². The second kappa shape index (κ2) is 10.7. The molecule has 2 aromatic carbocycles. The lowest BCUT2D eigenvalue weighted by atomic mass is 10.2. The molecule has 2 amide bonds. The number of nitrogens with zero attached hydrogens (tertiary/aromatic N) is 1. The first-order chi connectivity index (χ1) is 14.0. The predicted octanol–water partition coefficient (Wildman–Crippen LogP) is 2.52. The van der Waals surface area contributed by atoms with Gasteiger partial charge in [0.2, 0.25) is 5.91 Å². The third kappa shape index (κ3) is 6.53. The van der Waals surface area contributed by atoms with E-state index in [1.807, 2.05) is 24.3 Å². The zero-order chi connectivity index (χ0) is 21.2. The molecule has 0 aliphatic rings. The molecule has 2 N–H and O–H groups in total. The van der Waals surface area contributed by atoms with Crippen molar-refractivity contribution < 1.29 is 23.8 Å². The van der Waals surface area contributed by atoms with E-state index in [1.54, 1.807) is 32.2 Å². The highest BCUT2D eigenvalue weighted by atomic mass is 16.5. The molecule has 0 saturated heterocycles. The summed E-state index contributed by atoms with van der Waals surface area (Å²) in [4.78, 5) is 24.3. The second-order valence-electron chi connectivity index (χ2n) is 6.16. The number of methoxy groups -OCH3 is 3. The topological polar surface area (TPSA) is 98.2 Å². The Morgan fingerprint density at radius 1 is 0.931 bits per heavy atom. The summed E-state index contributed by atoms with van der Waals surface area (Å²) >= 11 is 0. The van der Waals surface area contributed by atoms with Crippen LogP contribution in [-0.2, 0) is 11.3 Å². The minimum Gasteiger partial charge on any atom is -0.497 e. The first-order valence-electron chi connectivity index (χ1n) is 8.92. The first kappa shape index (κ1) is 21.7. The molecule has 2 aromatic rings. The van der Waals surface area contributed by atoms with Crippen molar-refractivity contribution in [3.8, 4) is 17.2 Å². The molecule has 0 radical (unpaired) electrons. The molecular weight excluding hydrogens is 374 g/mol. The van der Waals surface area contributed by atoms with E-state index in [1.165, 1.54) is 14.2 Å². The molecule has 0 aliphatic carbocycles. The molecule has 2 rings (SSSR count). The highest BCUT2D eigenvalue weighted by Gasteiger charge is 2.11. The summed E-state index contributed by atoms with van der Waals surface area (Å²) in [6.07, 6.45) is 0.0718. The predicted molar refractivity (Wildman–Crippen MR) is 110 cm³/mol. The van der Waals surface area contributed by atoms with Gasteiger partial charge in [-0.3, -0.25) is 9.59 Å². The quantitative estimate of drug-likeness (QED) is 0.499. The van der Waals surface area contributed by atoms with Crippen LogP contribution >= 0.6 is 0 Å². The van der Waals surface area contributed by atoms with Crippen molar-refractivity contribution in [2.45, 2.75) is 19.9 Å². The Morgan fingerprint density at radius 2 is 1.62 bits per heavy atom. The smallest absolute Gasteiger partial charge is 0.271 e. The zero-order valence-electron chi connectivity index (χ0n) is 16.9. The van der Waals surface area contributed by atoms with Gasteiger partial charge in [0.15, 0.2) is 11.5 Å². The summed E-state index contributed by atoms with van der Waals surface area (Å²) in [5.41, 5.74) is 4.23. The van der Waals surface area contributed by atoms with Crippen molar-refractivity contribution >= 4 is 17.5 Å². The first-order valence-corrected chi connectivity index (χ1v) is 8.92. The molecule has 0 spiro atoms. The van der Waals surface area contributed by atoms with E-state index >= 15 is 0 Å². The molecule has 0 unspecified atom stereocenters. The Hall–Kier alpha value is -3.55. The van der Waals surface area contributed by atoms with Crippen LogP contribution in [0, 0.1) is 0 Å². The van der Waals surface area contributed by atoms with E-state index in [9.17, 15) is 9.59 Å². The van der Waals surface area contributed by atoms with Crippen molar-refractivity contribution in [2.24, 2.45) is 5.10 Å². The normalized spacial score (nSPS) is 10.8. The SMILES string of the molecule is COc1ccc(CNC(=O)C/C(C)=N\NC(=O)c2ccc(OC)c(OC)c2)cc1. The minimum atomic E-state index is -0.413. The molecule has 154 valence electrons. The number of carbonyl (C=O) groups is 2. The van der Waals surface area contributed by atoms with Crippen molar-refractivity contribution in [1.82, 2.24) is 10.7 Å². The highest BCUT2D eigenvalue weighted by molar-refractivity contribution is 6.01. The van der Waals surface area contributed by atoms with Crippen LogP contribution in [-0.4, -0.2) is 38.9 Å². The lowest BCUT2D eigenvalue weighted by Crippen LogP contribution is -2.26.